The molecule has 0 bridgehead atoms. The van der Waals surface area contributed by atoms with E-state index in [0.717, 1.165) is 12.0 Å². The number of hydrogen-bond acceptors (Lipinski definition) is 4. The quantitative estimate of drug-likeness (QED) is 0.908. The van der Waals surface area contributed by atoms with Crippen molar-refractivity contribution in [2.75, 3.05) is 6.61 Å². The smallest absolute Gasteiger partial charge is 0.355 e. The minimum Gasteiger partial charge on any atom is -0.493 e. The summed E-state index contributed by atoms with van der Waals surface area (Å²) in [6.07, 6.45) is 0.889. The van der Waals surface area contributed by atoms with Gasteiger partial charge in [0.25, 0.3) is 0 Å². The van der Waals surface area contributed by atoms with E-state index in [2.05, 4.69) is 4.98 Å². The normalized spacial score (nSPS) is 10.4. The lowest BCUT2D eigenvalue weighted by Crippen LogP contribution is -1.98. The molecule has 19 heavy (non-hydrogen) atoms. The third-order valence-electron chi connectivity index (χ3n) is 2.36. The van der Waals surface area contributed by atoms with E-state index in [1.54, 1.807) is 18.2 Å². The fourth-order valence-corrected chi connectivity index (χ4v) is 2.49. The lowest BCUT2D eigenvalue weighted by molar-refractivity contribution is 0.0691. The zero-order chi connectivity index (χ0) is 13.8. The van der Waals surface area contributed by atoms with Gasteiger partial charge in [-0.3, -0.25) is 0 Å². The number of thiazole rings is 1. The van der Waals surface area contributed by atoms with Gasteiger partial charge >= 0.3 is 5.97 Å². The minimum atomic E-state index is -1.04. The van der Waals surface area contributed by atoms with Crippen molar-refractivity contribution in [3.63, 3.8) is 0 Å². The van der Waals surface area contributed by atoms with Crippen LogP contribution in [0.5, 0.6) is 5.75 Å². The van der Waals surface area contributed by atoms with Crippen LogP contribution in [0.1, 0.15) is 23.8 Å². The Morgan fingerprint density at radius 1 is 1.53 bits per heavy atom. The number of ether oxygens (including phenoxy) is 1. The molecule has 0 aliphatic carbocycles. The molecule has 2 aromatic rings. The van der Waals surface area contributed by atoms with Crippen LogP contribution >= 0.6 is 22.9 Å². The summed E-state index contributed by atoms with van der Waals surface area (Å²) in [6.45, 7) is 2.60. The minimum absolute atomic E-state index is 0.0291. The Morgan fingerprint density at radius 3 is 2.95 bits per heavy atom. The maximum absolute atomic E-state index is 10.9. The fraction of sp³-hybridized carbons (Fsp3) is 0.231. The average molecular weight is 298 g/mol. The summed E-state index contributed by atoms with van der Waals surface area (Å²) in [5, 5.41) is 11.5. The molecule has 100 valence electrons. The fourth-order valence-electron chi connectivity index (χ4n) is 1.50. The number of halogens is 1. The monoisotopic (exact) mass is 297 g/mol. The number of aromatic carboxylic acids is 1. The van der Waals surface area contributed by atoms with Crippen LogP contribution in [0.4, 0.5) is 0 Å². The highest BCUT2D eigenvalue weighted by Crippen LogP contribution is 2.34. The number of carboxylic acids is 1. The van der Waals surface area contributed by atoms with Gasteiger partial charge in [0.05, 0.1) is 12.2 Å². The van der Waals surface area contributed by atoms with Crippen LogP contribution in [0.15, 0.2) is 23.6 Å². The number of nitrogens with zero attached hydrogens (tertiary/aromatic N) is 1. The lowest BCUT2D eigenvalue weighted by atomic mass is 10.2. The number of aromatic nitrogens is 1. The maximum atomic E-state index is 10.9. The summed E-state index contributed by atoms with van der Waals surface area (Å²) in [5.74, 6) is -0.377. The molecule has 0 fully saturated rings. The summed E-state index contributed by atoms with van der Waals surface area (Å²) < 4.78 is 5.63. The van der Waals surface area contributed by atoms with Gasteiger partial charge in [0, 0.05) is 10.4 Å². The van der Waals surface area contributed by atoms with E-state index in [9.17, 15) is 4.79 Å². The lowest BCUT2D eigenvalue weighted by Gasteiger charge is -2.09. The summed E-state index contributed by atoms with van der Waals surface area (Å²) in [6, 6.07) is 5.24. The molecule has 0 aliphatic rings. The van der Waals surface area contributed by atoms with Gasteiger partial charge in [-0.2, -0.15) is 0 Å². The first kappa shape index (κ1) is 13.8. The van der Waals surface area contributed by atoms with Crippen molar-refractivity contribution in [3.8, 4) is 16.3 Å². The van der Waals surface area contributed by atoms with E-state index in [-0.39, 0.29) is 5.69 Å². The highest BCUT2D eigenvalue weighted by atomic mass is 35.5. The van der Waals surface area contributed by atoms with Gasteiger partial charge in [-0.05, 0) is 24.6 Å². The molecule has 1 aromatic heterocycles. The molecule has 4 nitrogen and oxygen atoms in total. The Balaban J connectivity index is 2.40. The number of benzene rings is 1. The Hall–Kier alpha value is -1.59. The molecule has 1 heterocycles. The molecule has 0 unspecified atom stereocenters. The van der Waals surface area contributed by atoms with Crippen LogP contribution < -0.4 is 4.74 Å². The van der Waals surface area contributed by atoms with E-state index in [0.29, 0.717) is 22.4 Å². The molecule has 2 rings (SSSR count). The predicted molar refractivity (Wildman–Crippen MR) is 75.3 cm³/mol. The summed E-state index contributed by atoms with van der Waals surface area (Å²) in [5.41, 5.74) is 0.750. The van der Waals surface area contributed by atoms with Crippen molar-refractivity contribution in [1.29, 1.82) is 0 Å². The van der Waals surface area contributed by atoms with Gasteiger partial charge < -0.3 is 9.84 Å². The topological polar surface area (TPSA) is 59.4 Å². The van der Waals surface area contributed by atoms with Crippen molar-refractivity contribution in [2.45, 2.75) is 13.3 Å². The van der Waals surface area contributed by atoms with Gasteiger partial charge in [-0.15, -0.1) is 11.3 Å². The maximum Gasteiger partial charge on any atom is 0.355 e. The zero-order valence-corrected chi connectivity index (χ0v) is 11.8. The first-order chi connectivity index (χ1) is 9.11. The van der Waals surface area contributed by atoms with Crippen molar-refractivity contribution in [3.05, 3.63) is 34.3 Å². The predicted octanol–water partition coefficient (Wildman–Crippen LogP) is 3.95. The third kappa shape index (κ3) is 3.24. The molecule has 1 N–H and O–H groups in total. The van der Waals surface area contributed by atoms with E-state index < -0.39 is 5.97 Å². The number of carboxylic acid groups (broad SMARTS) is 1. The van der Waals surface area contributed by atoms with Crippen molar-refractivity contribution in [2.24, 2.45) is 0 Å². The van der Waals surface area contributed by atoms with Crippen LogP contribution in [0.25, 0.3) is 10.6 Å². The van der Waals surface area contributed by atoms with Gasteiger partial charge in [0.15, 0.2) is 5.69 Å². The SMILES string of the molecule is CCCOc1ccc(Cl)cc1-c1nc(C(=O)O)cs1. The first-order valence-electron chi connectivity index (χ1n) is 5.73. The Labute approximate surface area is 119 Å². The molecule has 6 heteroatoms. The molecular weight excluding hydrogens is 286 g/mol. The Kier molecular flexibility index (Phi) is 4.39. The Bertz CT molecular complexity index is 597. The van der Waals surface area contributed by atoms with Crippen LogP contribution in [0.3, 0.4) is 0 Å². The van der Waals surface area contributed by atoms with Gasteiger partial charge in [0.2, 0.25) is 0 Å². The molecule has 0 saturated carbocycles. The first-order valence-corrected chi connectivity index (χ1v) is 6.99. The largest absolute Gasteiger partial charge is 0.493 e. The number of carbonyl (C=O) groups is 1. The van der Waals surface area contributed by atoms with Crippen molar-refractivity contribution >= 4 is 28.9 Å². The molecular formula is C13H12ClNO3S. The molecule has 0 radical (unpaired) electrons. The van der Waals surface area contributed by atoms with E-state index >= 15 is 0 Å². The second-order valence-electron chi connectivity index (χ2n) is 3.83. The highest BCUT2D eigenvalue weighted by Gasteiger charge is 2.14. The Morgan fingerprint density at radius 2 is 2.32 bits per heavy atom. The molecule has 0 saturated heterocycles. The summed E-state index contributed by atoms with van der Waals surface area (Å²) in [7, 11) is 0. The number of rotatable bonds is 5. The summed E-state index contributed by atoms with van der Waals surface area (Å²) >= 11 is 7.23. The van der Waals surface area contributed by atoms with Gasteiger partial charge in [0.1, 0.15) is 10.8 Å². The molecule has 0 amide bonds. The van der Waals surface area contributed by atoms with E-state index in [1.807, 2.05) is 6.92 Å². The van der Waals surface area contributed by atoms with E-state index in [1.165, 1.54) is 16.7 Å². The van der Waals surface area contributed by atoms with Crippen LogP contribution in [0.2, 0.25) is 5.02 Å². The third-order valence-corrected chi connectivity index (χ3v) is 3.47. The van der Waals surface area contributed by atoms with Crippen LogP contribution in [0, 0.1) is 0 Å². The standard InChI is InChI=1S/C13H12ClNO3S/c1-2-5-18-11-4-3-8(14)6-9(11)12-15-10(7-19-12)13(16)17/h3-4,6-7H,2,5H2,1H3,(H,16,17). The van der Waals surface area contributed by atoms with Crippen LogP contribution in [-0.2, 0) is 0 Å². The second kappa shape index (κ2) is 6.04. The molecule has 0 aliphatic heterocycles. The second-order valence-corrected chi connectivity index (χ2v) is 5.13. The van der Waals surface area contributed by atoms with Crippen LogP contribution in [-0.4, -0.2) is 22.7 Å². The molecule has 0 spiro atoms. The summed E-state index contributed by atoms with van der Waals surface area (Å²) in [4.78, 5) is 14.9. The zero-order valence-electron chi connectivity index (χ0n) is 10.2. The van der Waals surface area contributed by atoms with Gasteiger partial charge in [-0.1, -0.05) is 18.5 Å². The average Bonchev–Trinajstić information content (AvgIpc) is 2.87. The molecule has 0 atom stereocenters. The number of hydrogen-bond donors (Lipinski definition) is 1. The van der Waals surface area contributed by atoms with Crippen molar-refractivity contribution < 1.29 is 14.6 Å². The van der Waals surface area contributed by atoms with E-state index in [4.69, 9.17) is 21.4 Å². The molecule has 1 aromatic carbocycles. The van der Waals surface area contributed by atoms with Gasteiger partial charge in [-0.25, -0.2) is 9.78 Å². The highest BCUT2D eigenvalue weighted by molar-refractivity contribution is 7.13. The van der Waals surface area contributed by atoms with Crippen molar-refractivity contribution in [1.82, 2.24) is 4.98 Å².